The molecule has 16 heavy (non-hydrogen) atoms. The predicted octanol–water partition coefficient (Wildman–Crippen LogP) is 2.56. The second kappa shape index (κ2) is 5.46. The second-order valence-corrected chi connectivity index (χ2v) is 4.97. The normalized spacial score (nSPS) is 19.9. The third-order valence-electron chi connectivity index (χ3n) is 2.56. The van der Waals surface area contributed by atoms with E-state index in [1.54, 1.807) is 24.0 Å². The Morgan fingerprint density at radius 2 is 2.50 bits per heavy atom. The topological polar surface area (TPSA) is 39.2 Å². The number of ether oxygens (including phenoxy) is 1. The maximum atomic E-state index is 11.0. The van der Waals surface area contributed by atoms with Crippen LogP contribution in [0.5, 0.6) is 0 Å². The largest absolute Gasteiger partial charge is 0.377 e. The number of pyridine rings is 1. The molecule has 2 heterocycles. The molecule has 1 aliphatic heterocycles. The fourth-order valence-electron chi connectivity index (χ4n) is 1.64. The summed E-state index contributed by atoms with van der Waals surface area (Å²) in [6.45, 7) is 2.42. The average molecular weight is 237 g/mol. The molecule has 0 saturated carbocycles. The van der Waals surface area contributed by atoms with Gasteiger partial charge in [-0.3, -0.25) is 9.78 Å². The lowest BCUT2D eigenvalue weighted by atomic mass is 10.3. The van der Waals surface area contributed by atoms with Gasteiger partial charge in [0.2, 0.25) is 0 Å². The average Bonchev–Trinajstić information content (AvgIpc) is 2.80. The van der Waals surface area contributed by atoms with E-state index in [1.807, 2.05) is 6.07 Å². The number of rotatable bonds is 4. The van der Waals surface area contributed by atoms with Crippen LogP contribution in [0.4, 0.5) is 0 Å². The van der Waals surface area contributed by atoms with Crippen LogP contribution in [0.3, 0.4) is 0 Å². The molecule has 0 aromatic carbocycles. The van der Waals surface area contributed by atoms with Gasteiger partial charge in [0.1, 0.15) is 5.69 Å². The van der Waals surface area contributed by atoms with E-state index in [2.05, 4.69) is 4.98 Å². The second-order valence-electron chi connectivity index (χ2n) is 3.88. The Balaban J connectivity index is 1.87. The van der Waals surface area contributed by atoms with Crippen LogP contribution in [0.25, 0.3) is 0 Å². The van der Waals surface area contributed by atoms with E-state index >= 15 is 0 Å². The maximum absolute atomic E-state index is 11.0. The minimum absolute atomic E-state index is 0.00989. The highest BCUT2D eigenvalue weighted by Crippen LogP contribution is 2.23. The van der Waals surface area contributed by atoms with Crippen LogP contribution in [-0.4, -0.2) is 29.2 Å². The summed E-state index contributed by atoms with van der Waals surface area (Å²) in [5.41, 5.74) is 0.529. The zero-order valence-corrected chi connectivity index (χ0v) is 10.1. The number of ketones is 1. The summed E-state index contributed by atoms with van der Waals surface area (Å²) in [4.78, 5) is 16.2. The van der Waals surface area contributed by atoms with Gasteiger partial charge in [-0.25, -0.2) is 0 Å². The summed E-state index contributed by atoms with van der Waals surface area (Å²) in [5, 5.41) is 0. The highest BCUT2D eigenvalue weighted by molar-refractivity contribution is 7.99. The Kier molecular flexibility index (Phi) is 3.96. The van der Waals surface area contributed by atoms with Crippen LogP contribution in [0.1, 0.15) is 30.3 Å². The van der Waals surface area contributed by atoms with E-state index in [9.17, 15) is 4.79 Å². The van der Waals surface area contributed by atoms with Gasteiger partial charge in [0.25, 0.3) is 0 Å². The van der Waals surface area contributed by atoms with E-state index < -0.39 is 0 Å². The Morgan fingerprint density at radius 1 is 1.62 bits per heavy atom. The summed E-state index contributed by atoms with van der Waals surface area (Å²) < 4.78 is 5.54. The van der Waals surface area contributed by atoms with Crippen molar-refractivity contribution in [3.8, 4) is 0 Å². The minimum atomic E-state index is 0.00989. The first-order valence-electron chi connectivity index (χ1n) is 5.47. The lowest BCUT2D eigenvalue weighted by Crippen LogP contribution is -2.07. The fraction of sp³-hybridized carbons (Fsp3) is 0.500. The van der Waals surface area contributed by atoms with Crippen molar-refractivity contribution >= 4 is 17.5 Å². The van der Waals surface area contributed by atoms with Crippen LogP contribution in [0.15, 0.2) is 23.2 Å². The van der Waals surface area contributed by atoms with Gasteiger partial charge in [-0.1, -0.05) is 0 Å². The number of hydrogen-bond donors (Lipinski definition) is 0. The van der Waals surface area contributed by atoms with Gasteiger partial charge in [-0.05, 0) is 25.0 Å². The quantitative estimate of drug-likeness (QED) is 0.596. The third-order valence-corrected chi connectivity index (χ3v) is 3.67. The summed E-state index contributed by atoms with van der Waals surface area (Å²) >= 11 is 1.74. The van der Waals surface area contributed by atoms with Crippen molar-refractivity contribution in [3.63, 3.8) is 0 Å². The smallest absolute Gasteiger partial charge is 0.178 e. The fourth-order valence-corrected chi connectivity index (χ4v) is 2.57. The molecule has 0 amide bonds. The van der Waals surface area contributed by atoms with Crippen molar-refractivity contribution in [1.82, 2.24) is 4.98 Å². The predicted molar refractivity (Wildman–Crippen MR) is 63.9 cm³/mol. The SMILES string of the molecule is CC(=O)c1ccc(SCC2CCCO2)cn1. The van der Waals surface area contributed by atoms with E-state index in [0.717, 1.165) is 23.7 Å². The molecule has 0 aliphatic carbocycles. The molecule has 2 rings (SSSR count). The molecule has 0 spiro atoms. The Hall–Kier alpha value is -0.870. The summed E-state index contributed by atoms with van der Waals surface area (Å²) in [6.07, 6.45) is 4.48. The highest BCUT2D eigenvalue weighted by atomic mass is 32.2. The van der Waals surface area contributed by atoms with E-state index in [4.69, 9.17) is 4.74 Å². The van der Waals surface area contributed by atoms with Gasteiger partial charge in [0.05, 0.1) is 6.10 Å². The number of hydrogen-bond acceptors (Lipinski definition) is 4. The Labute approximate surface area is 99.6 Å². The molecular formula is C12H15NO2S. The Bertz CT molecular complexity index is 358. The molecular weight excluding hydrogens is 222 g/mol. The zero-order valence-electron chi connectivity index (χ0n) is 9.31. The zero-order chi connectivity index (χ0) is 11.4. The molecule has 1 unspecified atom stereocenters. The molecule has 1 aromatic rings. The van der Waals surface area contributed by atoms with Crippen molar-refractivity contribution in [2.24, 2.45) is 0 Å². The van der Waals surface area contributed by atoms with Gasteiger partial charge in [-0.15, -0.1) is 11.8 Å². The van der Waals surface area contributed by atoms with Gasteiger partial charge < -0.3 is 4.74 Å². The van der Waals surface area contributed by atoms with Gasteiger partial charge in [0, 0.05) is 30.4 Å². The lowest BCUT2D eigenvalue weighted by molar-refractivity contribution is 0.101. The number of aromatic nitrogens is 1. The molecule has 1 aromatic heterocycles. The molecule has 0 N–H and O–H groups in total. The molecule has 3 nitrogen and oxygen atoms in total. The molecule has 0 radical (unpaired) electrons. The van der Waals surface area contributed by atoms with Crippen LogP contribution >= 0.6 is 11.8 Å². The van der Waals surface area contributed by atoms with Crippen LogP contribution < -0.4 is 0 Å². The van der Waals surface area contributed by atoms with Crippen molar-refractivity contribution in [2.75, 3.05) is 12.4 Å². The van der Waals surface area contributed by atoms with Crippen LogP contribution in [-0.2, 0) is 4.74 Å². The lowest BCUT2D eigenvalue weighted by Gasteiger charge is -2.08. The Morgan fingerprint density at radius 3 is 3.06 bits per heavy atom. The number of thioether (sulfide) groups is 1. The first-order chi connectivity index (χ1) is 7.75. The maximum Gasteiger partial charge on any atom is 0.178 e. The van der Waals surface area contributed by atoms with E-state index in [0.29, 0.717) is 11.8 Å². The number of carbonyl (C=O) groups is 1. The first kappa shape index (κ1) is 11.6. The molecule has 1 atom stereocenters. The van der Waals surface area contributed by atoms with Gasteiger partial charge in [-0.2, -0.15) is 0 Å². The highest BCUT2D eigenvalue weighted by Gasteiger charge is 2.15. The molecule has 4 heteroatoms. The van der Waals surface area contributed by atoms with E-state index in [-0.39, 0.29) is 5.78 Å². The summed E-state index contributed by atoms with van der Waals surface area (Å²) in [6, 6.07) is 3.73. The minimum Gasteiger partial charge on any atom is -0.377 e. The van der Waals surface area contributed by atoms with Crippen LogP contribution in [0.2, 0.25) is 0 Å². The molecule has 1 aliphatic rings. The van der Waals surface area contributed by atoms with Gasteiger partial charge in [0.15, 0.2) is 5.78 Å². The van der Waals surface area contributed by atoms with E-state index in [1.165, 1.54) is 13.3 Å². The molecule has 0 bridgehead atoms. The van der Waals surface area contributed by atoms with Crippen LogP contribution in [0, 0.1) is 0 Å². The third kappa shape index (κ3) is 3.06. The van der Waals surface area contributed by atoms with Crippen molar-refractivity contribution in [2.45, 2.75) is 30.8 Å². The van der Waals surface area contributed by atoms with Crippen molar-refractivity contribution < 1.29 is 9.53 Å². The van der Waals surface area contributed by atoms with Crippen molar-refractivity contribution in [3.05, 3.63) is 24.0 Å². The molecule has 1 saturated heterocycles. The number of Topliss-reactive ketones (excluding diaryl/α,β-unsaturated/α-hetero) is 1. The molecule has 86 valence electrons. The number of carbonyl (C=O) groups excluding carboxylic acids is 1. The van der Waals surface area contributed by atoms with Gasteiger partial charge >= 0.3 is 0 Å². The molecule has 1 fully saturated rings. The summed E-state index contributed by atoms with van der Waals surface area (Å²) in [7, 11) is 0. The first-order valence-corrected chi connectivity index (χ1v) is 6.45. The monoisotopic (exact) mass is 237 g/mol. The standard InChI is InChI=1S/C12H15NO2S/c1-9(14)12-5-4-11(7-13-12)16-8-10-3-2-6-15-10/h4-5,7,10H,2-3,6,8H2,1H3. The summed E-state index contributed by atoms with van der Waals surface area (Å²) in [5.74, 6) is 0.983. The number of nitrogens with zero attached hydrogens (tertiary/aromatic N) is 1. The van der Waals surface area contributed by atoms with Crippen molar-refractivity contribution in [1.29, 1.82) is 0 Å².